The lowest BCUT2D eigenvalue weighted by Gasteiger charge is -2.09. The third-order valence-electron chi connectivity index (χ3n) is 2.06. The van der Waals surface area contributed by atoms with Crippen molar-refractivity contribution in [3.63, 3.8) is 0 Å². The Kier molecular flexibility index (Phi) is 4.91. The molecule has 0 saturated carbocycles. The van der Waals surface area contributed by atoms with E-state index >= 15 is 0 Å². The average Bonchev–Trinajstić information content (AvgIpc) is 2.35. The largest absolute Gasteiger partial charge is 0.497 e. The topological polar surface area (TPSA) is 83.7 Å². The molecule has 18 heavy (non-hydrogen) atoms. The van der Waals surface area contributed by atoms with Gasteiger partial charge in [-0.1, -0.05) is 5.22 Å². The van der Waals surface area contributed by atoms with E-state index in [1.807, 2.05) is 0 Å². The highest BCUT2D eigenvalue weighted by molar-refractivity contribution is 5.68. The molecule has 7 heteroatoms. The number of aliphatic carboxylic acids is 1. The average molecular weight is 253 g/mol. The zero-order valence-electron chi connectivity index (χ0n) is 10.5. The number of carboxylic acids is 1. The van der Waals surface area contributed by atoms with Gasteiger partial charge in [-0.25, -0.2) is 0 Å². The van der Waals surface area contributed by atoms with E-state index in [-0.39, 0.29) is 6.54 Å². The van der Waals surface area contributed by atoms with Gasteiger partial charge in [-0.05, 0) is 12.1 Å². The SMILES string of the molecule is COc1ccc(/N=N/N(C)CC(=O)O)c(OC)c1. The maximum atomic E-state index is 10.4. The molecule has 98 valence electrons. The number of carbonyl (C=O) groups is 1. The molecule has 1 aromatic rings. The monoisotopic (exact) mass is 253 g/mol. The van der Waals surface area contributed by atoms with Gasteiger partial charge in [-0.15, -0.1) is 5.11 Å². The lowest BCUT2D eigenvalue weighted by atomic mass is 10.3. The molecule has 0 heterocycles. The minimum atomic E-state index is -0.974. The van der Waals surface area contributed by atoms with Crippen molar-refractivity contribution in [3.8, 4) is 11.5 Å². The van der Waals surface area contributed by atoms with Gasteiger partial charge in [0.05, 0.1) is 14.2 Å². The Labute approximate surface area is 105 Å². The van der Waals surface area contributed by atoms with E-state index in [0.717, 1.165) is 0 Å². The molecule has 0 aliphatic carbocycles. The van der Waals surface area contributed by atoms with Crippen LogP contribution in [0, 0.1) is 0 Å². The lowest BCUT2D eigenvalue weighted by molar-refractivity contribution is -0.138. The summed E-state index contributed by atoms with van der Waals surface area (Å²) in [7, 11) is 4.58. The maximum Gasteiger partial charge on any atom is 0.324 e. The van der Waals surface area contributed by atoms with E-state index in [4.69, 9.17) is 14.6 Å². The molecule has 0 atom stereocenters. The van der Waals surface area contributed by atoms with Crippen LogP contribution in [0.4, 0.5) is 5.69 Å². The molecule has 0 aliphatic heterocycles. The fourth-order valence-electron chi connectivity index (χ4n) is 1.22. The summed E-state index contributed by atoms with van der Waals surface area (Å²) in [4.78, 5) is 10.4. The van der Waals surface area contributed by atoms with Gasteiger partial charge in [0.1, 0.15) is 23.7 Å². The van der Waals surface area contributed by atoms with Crippen molar-refractivity contribution in [2.24, 2.45) is 10.3 Å². The van der Waals surface area contributed by atoms with Gasteiger partial charge in [0, 0.05) is 13.1 Å². The van der Waals surface area contributed by atoms with Crippen LogP contribution < -0.4 is 9.47 Å². The molecule has 0 amide bonds. The van der Waals surface area contributed by atoms with Crippen LogP contribution in [0.2, 0.25) is 0 Å². The molecule has 0 saturated heterocycles. The number of rotatable bonds is 6. The standard InChI is InChI=1S/C11H15N3O4/c1-14(7-11(15)16)13-12-9-5-4-8(17-2)6-10(9)18-3/h4-6H,7H2,1-3H3,(H,15,16)/b13-12+. The molecule has 0 spiro atoms. The van der Waals surface area contributed by atoms with Crippen molar-refractivity contribution in [1.29, 1.82) is 0 Å². The van der Waals surface area contributed by atoms with E-state index < -0.39 is 5.97 Å². The molecular weight excluding hydrogens is 238 g/mol. The number of likely N-dealkylation sites (N-methyl/N-ethyl adjacent to an activating group) is 1. The molecule has 0 aliphatic rings. The quantitative estimate of drug-likeness (QED) is 0.616. The minimum absolute atomic E-state index is 0.220. The summed E-state index contributed by atoms with van der Waals surface area (Å²) in [5, 5.41) is 17.4. The Balaban J connectivity index is 2.83. The van der Waals surface area contributed by atoms with Gasteiger partial charge in [0.2, 0.25) is 0 Å². The molecule has 7 nitrogen and oxygen atoms in total. The van der Waals surface area contributed by atoms with E-state index in [2.05, 4.69) is 10.3 Å². The molecule has 0 fully saturated rings. The van der Waals surface area contributed by atoms with Crippen LogP contribution in [-0.4, -0.2) is 43.9 Å². The van der Waals surface area contributed by atoms with Gasteiger partial charge < -0.3 is 14.6 Å². The van der Waals surface area contributed by atoms with Crippen LogP contribution in [0.15, 0.2) is 28.5 Å². The smallest absolute Gasteiger partial charge is 0.324 e. The molecule has 0 aromatic heterocycles. The van der Waals surface area contributed by atoms with Crippen molar-refractivity contribution >= 4 is 11.7 Å². The van der Waals surface area contributed by atoms with Crippen molar-refractivity contribution < 1.29 is 19.4 Å². The summed E-state index contributed by atoms with van der Waals surface area (Å²) in [6.07, 6.45) is 0. The number of hydrogen-bond donors (Lipinski definition) is 1. The number of nitrogens with zero attached hydrogens (tertiary/aromatic N) is 3. The zero-order valence-corrected chi connectivity index (χ0v) is 10.5. The van der Waals surface area contributed by atoms with Crippen LogP contribution in [0.5, 0.6) is 11.5 Å². The zero-order chi connectivity index (χ0) is 13.5. The number of ether oxygens (including phenoxy) is 2. The van der Waals surface area contributed by atoms with Crippen molar-refractivity contribution in [3.05, 3.63) is 18.2 Å². The molecule has 0 unspecified atom stereocenters. The molecule has 1 N–H and O–H groups in total. The Bertz CT molecular complexity index is 448. The molecule has 0 radical (unpaired) electrons. The summed E-state index contributed by atoms with van der Waals surface area (Å²) in [5.41, 5.74) is 0.496. The fraction of sp³-hybridized carbons (Fsp3) is 0.364. The predicted molar refractivity (Wildman–Crippen MR) is 64.3 cm³/mol. The van der Waals surface area contributed by atoms with E-state index in [0.29, 0.717) is 17.2 Å². The predicted octanol–water partition coefficient (Wildman–Crippen LogP) is 1.72. The van der Waals surface area contributed by atoms with Gasteiger partial charge in [0.15, 0.2) is 0 Å². The summed E-state index contributed by atoms with van der Waals surface area (Å²) >= 11 is 0. The highest BCUT2D eigenvalue weighted by atomic mass is 16.5. The van der Waals surface area contributed by atoms with Gasteiger partial charge >= 0.3 is 5.97 Å². The number of methoxy groups -OCH3 is 2. The van der Waals surface area contributed by atoms with Crippen molar-refractivity contribution in [1.82, 2.24) is 5.01 Å². The highest BCUT2D eigenvalue weighted by Gasteiger charge is 2.05. The second-order valence-corrected chi connectivity index (χ2v) is 3.44. The summed E-state index contributed by atoms with van der Waals surface area (Å²) in [5.74, 6) is 0.171. The molecule has 1 aromatic carbocycles. The van der Waals surface area contributed by atoms with Gasteiger partial charge in [-0.2, -0.15) is 0 Å². The van der Waals surface area contributed by atoms with Crippen molar-refractivity contribution in [2.45, 2.75) is 0 Å². The Morgan fingerprint density at radius 3 is 2.67 bits per heavy atom. The third kappa shape index (κ3) is 3.93. The number of hydrogen-bond acceptors (Lipinski definition) is 5. The Hall–Kier alpha value is -2.31. The second kappa shape index (κ2) is 6.43. The van der Waals surface area contributed by atoms with Crippen LogP contribution in [0.3, 0.4) is 0 Å². The molecular formula is C11H15N3O4. The second-order valence-electron chi connectivity index (χ2n) is 3.44. The fourth-order valence-corrected chi connectivity index (χ4v) is 1.22. The first-order valence-electron chi connectivity index (χ1n) is 5.13. The number of benzene rings is 1. The van der Waals surface area contributed by atoms with Crippen molar-refractivity contribution in [2.75, 3.05) is 27.8 Å². The third-order valence-corrected chi connectivity index (χ3v) is 2.06. The first-order valence-corrected chi connectivity index (χ1v) is 5.13. The first kappa shape index (κ1) is 13.8. The summed E-state index contributed by atoms with van der Waals surface area (Å²) in [6.45, 7) is -0.220. The minimum Gasteiger partial charge on any atom is -0.497 e. The van der Waals surface area contributed by atoms with E-state index in [1.165, 1.54) is 19.2 Å². The van der Waals surface area contributed by atoms with E-state index in [9.17, 15) is 4.79 Å². The molecule has 0 bridgehead atoms. The lowest BCUT2D eigenvalue weighted by Crippen LogP contribution is -2.19. The molecule has 1 rings (SSSR count). The van der Waals surface area contributed by atoms with E-state index in [1.54, 1.807) is 25.3 Å². The van der Waals surface area contributed by atoms with Crippen LogP contribution in [0.1, 0.15) is 0 Å². The van der Waals surface area contributed by atoms with Crippen LogP contribution in [0.25, 0.3) is 0 Å². The summed E-state index contributed by atoms with van der Waals surface area (Å²) in [6, 6.07) is 5.06. The Morgan fingerprint density at radius 1 is 1.39 bits per heavy atom. The first-order chi connectivity index (χ1) is 8.56. The Morgan fingerprint density at radius 2 is 2.11 bits per heavy atom. The van der Waals surface area contributed by atoms with Gasteiger partial charge in [-0.3, -0.25) is 9.80 Å². The normalized spacial score (nSPS) is 10.4. The van der Waals surface area contributed by atoms with Crippen LogP contribution >= 0.6 is 0 Å². The highest BCUT2D eigenvalue weighted by Crippen LogP contribution is 2.31. The maximum absolute atomic E-state index is 10.4. The van der Waals surface area contributed by atoms with Crippen LogP contribution in [-0.2, 0) is 4.79 Å². The summed E-state index contributed by atoms with van der Waals surface area (Å²) < 4.78 is 10.2. The van der Waals surface area contributed by atoms with Gasteiger partial charge in [0.25, 0.3) is 0 Å². The number of carboxylic acid groups (broad SMARTS) is 1.